The van der Waals surface area contributed by atoms with Crippen LogP contribution in [0.5, 0.6) is 0 Å². The van der Waals surface area contributed by atoms with Crippen molar-refractivity contribution in [3.05, 3.63) is 59.4 Å². The summed E-state index contributed by atoms with van der Waals surface area (Å²) in [6.45, 7) is 3.85. The Morgan fingerprint density at radius 3 is 2.53 bits per heavy atom. The summed E-state index contributed by atoms with van der Waals surface area (Å²) in [5.41, 5.74) is 3.13. The van der Waals surface area contributed by atoms with Crippen molar-refractivity contribution in [3.8, 4) is 0 Å². The number of benzene rings is 1. The Morgan fingerprint density at radius 1 is 1.26 bits per heavy atom. The second kappa shape index (κ2) is 5.52. The fraction of sp³-hybridized carbons (Fsp3) is 0.200. The fourth-order valence-corrected chi connectivity index (χ4v) is 1.98. The van der Waals surface area contributed by atoms with E-state index in [1.807, 2.05) is 18.2 Å². The highest BCUT2D eigenvalue weighted by Crippen LogP contribution is 2.21. The number of aryl methyl sites for hydroxylation is 1. The van der Waals surface area contributed by atoms with Gasteiger partial charge in [0.15, 0.2) is 0 Å². The Morgan fingerprint density at radius 2 is 1.95 bits per heavy atom. The van der Waals surface area contributed by atoms with Crippen LogP contribution in [-0.2, 0) is 0 Å². The van der Waals surface area contributed by atoms with Crippen LogP contribution in [0.25, 0.3) is 0 Å². The Balaban J connectivity index is 2.16. The molecule has 4 nitrogen and oxygen atoms in total. The van der Waals surface area contributed by atoms with Gasteiger partial charge in [0.2, 0.25) is 0 Å². The molecule has 0 aliphatic carbocycles. The van der Waals surface area contributed by atoms with Crippen molar-refractivity contribution in [2.75, 3.05) is 5.32 Å². The number of aromatic carboxylic acids is 1. The second-order valence-electron chi connectivity index (χ2n) is 4.48. The van der Waals surface area contributed by atoms with Crippen LogP contribution in [0.2, 0.25) is 0 Å². The first-order chi connectivity index (χ1) is 9.08. The Hall–Kier alpha value is -2.36. The minimum atomic E-state index is -0.897. The number of carboxylic acid groups (broad SMARTS) is 1. The van der Waals surface area contributed by atoms with Crippen molar-refractivity contribution < 1.29 is 9.90 Å². The number of nitrogens with one attached hydrogen (secondary N) is 1. The van der Waals surface area contributed by atoms with Crippen LogP contribution in [0.15, 0.2) is 42.7 Å². The second-order valence-corrected chi connectivity index (χ2v) is 4.48. The van der Waals surface area contributed by atoms with Crippen molar-refractivity contribution in [3.63, 3.8) is 0 Å². The molecule has 19 heavy (non-hydrogen) atoms. The first-order valence-corrected chi connectivity index (χ1v) is 6.08. The number of aromatic nitrogens is 1. The molecule has 0 bridgehead atoms. The fourth-order valence-electron chi connectivity index (χ4n) is 1.98. The molecule has 0 spiro atoms. The highest BCUT2D eigenvalue weighted by atomic mass is 16.4. The van der Waals surface area contributed by atoms with Gasteiger partial charge in [-0.3, -0.25) is 4.98 Å². The summed E-state index contributed by atoms with van der Waals surface area (Å²) in [7, 11) is 0. The first-order valence-electron chi connectivity index (χ1n) is 6.08. The smallest absolute Gasteiger partial charge is 0.335 e. The van der Waals surface area contributed by atoms with Crippen LogP contribution in [0.4, 0.5) is 5.69 Å². The molecular weight excluding hydrogens is 240 g/mol. The highest BCUT2D eigenvalue weighted by Gasteiger charge is 2.09. The van der Waals surface area contributed by atoms with Crippen molar-refractivity contribution in [2.45, 2.75) is 19.9 Å². The lowest BCUT2D eigenvalue weighted by molar-refractivity contribution is 0.0696. The van der Waals surface area contributed by atoms with Crippen molar-refractivity contribution in [1.29, 1.82) is 0 Å². The van der Waals surface area contributed by atoms with Crippen LogP contribution < -0.4 is 5.32 Å². The lowest BCUT2D eigenvalue weighted by Gasteiger charge is -2.16. The average Bonchev–Trinajstić information content (AvgIpc) is 2.39. The molecule has 0 radical (unpaired) electrons. The third kappa shape index (κ3) is 3.10. The number of pyridine rings is 1. The molecule has 1 unspecified atom stereocenters. The molecule has 0 saturated carbocycles. The Labute approximate surface area is 112 Å². The molecule has 0 amide bonds. The Bertz CT molecular complexity index is 582. The number of rotatable bonds is 4. The molecule has 0 saturated heterocycles. The first kappa shape index (κ1) is 13.1. The Kier molecular flexibility index (Phi) is 3.80. The van der Waals surface area contributed by atoms with Crippen LogP contribution in [0.1, 0.15) is 34.5 Å². The van der Waals surface area contributed by atoms with Crippen molar-refractivity contribution >= 4 is 11.7 Å². The molecule has 0 aliphatic rings. The maximum absolute atomic E-state index is 10.9. The van der Waals surface area contributed by atoms with E-state index in [0.29, 0.717) is 5.56 Å². The van der Waals surface area contributed by atoms with Gasteiger partial charge in [0.1, 0.15) is 0 Å². The van der Waals surface area contributed by atoms with Crippen molar-refractivity contribution in [1.82, 2.24) is 4.98 Å². The molecule has 1 aromatic heterocycles. The third-order valence-corrected chi connectivity index (χ3v) is 3.05. The standard InChI is InChI=1S/C15H16N2O2/c1-10-9-13(3-4-14(10)15(18)19)17-11(2)12-5-7-16-8-6-12/h3-9,11,17H,1-2H3,(H,18,19). The molecule has 2 rings (SSSR count). The predicted molar refractivity (Wildman–Crippen MR) is 74.4 cm³/mol. The number of hydrogen-bond acceptors (Lipinski definition) is 3. The zero-order chi connectivity index (χ0) is 13.8. The molecule has 1 aromatic carbocycles. The molecule has 0 fully saturated rings. The molecule has 4 heteroatoms. The van der Waals surface area contributed by atoms with Crippen LogP contribution >= 0.6 is 0 Å². The third-order valence-electron chi connectivity index (χ3n) is 3.05. The summed E-state index contributed by atoms with van der Waals surface area (Å²) in [6, 6.07) is 9.30. The maximum atomic E-state index is 10.9. The molecule has 2 aromatic rings. The summed E-state index contributed by atoms with van der Waals surface area (Å²) >= 11 is 0. The van der Waals surface area contributed by atoms with Gasteiger partial charge in [0.25, 0.3) is 0 Å². The van der Waals surface area contributed by atoms with Gasteiger partial charge in [-0.1, -0.05) is 0 Å². The topological polar surface area (TPSA) is 62.2 Å². The van der Waals surface area contributed by atoms with E-state index in [4.69, 9.17) is 5.11 Å². The number of carboxylic acids is 1. The molecule has 1 atom stereocenters. The van der Waals surface area contributed by atoms with Gasteiger partial charge in [-0.15, -0.1) is 0 Å². The number of anilines is 1. The van der Waals surface area contributed by atoms with E-state index in [2.05, 4.69) is 17.2 Å². The van der Waals surface area contributed by atoms with Gasteiger partial charge in [-0.05, 0) is 55.3 Å². The van der Waals surface area contributed by atoms with Crippen LogP contribution in [0, 0.1) is 6.92 Å². The monoisotopic (exact) mass is 256 g/mol. The maximum Gasteiger partial charge on any atom is 0.335 e. The minimum absolute atomic E-state index is 0.137. The van der Waals surface area contributed by atoms with Gasteiger partial charge in [-0.25, -0.2) is 4.79 Å². The lowest BCUT2D eigenvalue weighted by atomic mass is 10.1. The summed E-state index contributed by atoms with van der Waals surface area (Å²) in [5.74, 6) is -0.897. The largest absolute Gasteiger partial charge is 0.478 e. The highest BCUT2D eigenvalue weighted by molar-refractivity contribution is 5.89. The van der Waals surface area contributed by atoms with Gasteiger partial charge in [0, 0.05) is 24.1 Å². The quantitative estimate of drug-likeness (QED) is 0.881. The van der Waals surface area contributed by atoms with Crippen molar-refractivity contribution in [2.24, 2.45) is 0 Å². The molecule has 98 valence electrons. The number of carbonyl (C=O) groups is 1. The SMILES string of the molecule is Cc1cc(NC(C)c2ccncc2)ccc1C(=O)O. The zero-order valence-corrected chi connectivity index (χ0v) is 10.9. The van der Waals surface area contributed by atoms with E-state index in [1.54, 1.807) is 31.5 Å². The van der Waals surface area contributed by atoms with Gasteiger partial charge in [-0.2, -0.15) is 0 Å². The van der Waals surface area contributed by atoms with E-state index in [1.165, 1.54) is 0 Å². The number of hydrogen-bond donors (Lipinski definition) is 2. The van der Waals surface area contributed by atoms with E-state index in [0.717, 1.165) is 16.8 Å². The van der Waals surface area contributed by atoms with E-state index >= 15 is 0 Å². The molecule has 2 N–H and O–H groups in total. The molecule has 1 heterocycles. The van der Waals surface area contributed by atoms with E-state index in [-0.39, 0.29) is 6.04 Å². The zero-order valence-electron chi connectivity index (χ0n) is 10.9. The minimum Gasteiger partial charge on any atom is -0.478 e. The molecule has 0 aliphatic heterocycles. The van der Waals surface area contributed by atoms with Crippen LogP contribution in [-0.4, -0.2) is 16.1 Å². The molecular formula is C15H16N2O2. The van der Waals surface area contributed by atoms with Gasteiger partial charge >= 0.3 is 5.97 Å². The van der Waals surface area contributed by atoms with Crippen LogP contribution in [0.3, 0.4) is 0 Å². The summed E-state index contributed by atoms with van der Waals surface area (Å²) in [6.07, 6.45) is 3.51. The normalized spacial score (nSPS) is 11.9. The summed E-state index contributed by atoms with van der Waals surface area (Å²) in [5, 5.41) is 12.3. The summed E-state index contributed by atoms with van der Waals surface area (Å²) < 4.78 is 0. The number of nitrogens with zero attached hydrogens (tertiary/aromatic N) is 1. The van der Waals surface area contributed by atoms with E-state index < -0.39 is 5.97 Å². The van der Waals surface area contributed by atoms with Gasteiger partial charge < -0.3 is 10.4 Å². The lowest BCUT2D eigenvalue weighted by Crippen LogP contribution is -2.07. The average molecular weight is 256 g/mol. The predicted octanol–water partition coefficient (Wildman–Crippen LogP) is 3.26. The summed E-state index contributed by atoms with van der Waals surface area (Å²) in [4.78, 5) is 14.9. The van der Waals surface area contributed by atoms with Gasteiger partial charge in [0.05, 0.1) is 5.56 Å². The van der Waals surface area contributed by atoms with E-state index in [9.17, 15) is 4.79 Å².